The molecule has 0 spiro atoms. The molecule has 3 rings (SSSR count). The smallest absolute Gasteiger partial charge is 0.264 e. The van der Waals surface area contributed by atoms with E-state index in [0.717, 1.165) is 18.9 Å². The van der Waals surface area contributed by atoms with Gasteiger partial charge in [0.05, 0.1) is 10.9 Å². The molecule has 1 saturated carbocycles. The van der Waals surface area contributed by atoms with Crippen LogP contribution in [-0.2, 0) is 4.79 Å². The minimum atomic E-state index is -0.682. The summed E-state index contributed by atoms with van der Waals surface area (Å²) >= 11 is 1.21. The van der Waals surface area contributed by atoms with Gasteiger partial charge < -0.3 is 5.32 Å². The lowest BCUT2D eigenvalue weighted by Crippen LogP contribution is -2.22. The zero-order valence-corrected chi connectivity index (χ0v) is 12.8. The Bertz CT molecular complexity index is 652. The van der Waals surface area contributed by atoms with Gasteiger partial charge in [0.15, 0.2) is 5.17 Å². The highest BCUT2D eigenvalue weighted by Gasteiger charge is 2.25. The Morgan fingerprint density at radius 3 is 2.73 bits per heavy atom. The van der Waals surface area contributed by atoms with E-state index in [9.17, 15) is 13.6 Å². The predicted octanol–water partition coefficient (Wildman–Crippen LogP) is 3.86. The monoisotopic (exact) mass is 322 g/mol. The van der Waals surface area contributed by atoms with Crippen LogP contribution in [0.25, 0.3) is 6.08 Å². The maximum atomic E-state index is 13.6. The van der Waals surface area contributed by atoms with Gasteiger partial charge in [-0.3, -0.25) is 9.79 Å². The Labute approximate surface area is 131 Å². The molecule has 1 aliphatic heterocycles. The summed E-state index contributed by atoms with van der Waals surface area (Å²) in [5.74, 6) is -1.61. The van der Waals surface area contributed by atoms with Crippen LogP contribution in [0.5, 0.6) is 0 Å². The lowest BCUT2D eigenvalue weighted by atomic mass is 9.96. The lowest BCUT2D eigenvalue weighted by Gasteiger charge is -2.17. The van der Waals surface area contributed by atoms with Crippen molar-refractivity contribution in [1.29, 1.82) is 0 Å². The molecule has 0 bridgehead atoms. The minimum Gasteiger partial charge on any atom is -0.301 e. The van der Waals surface area contributed by atoms with Gasteiger partial charge in [-0.2, -0.15) is 0 Å². The summed E-state index contributed by atoms with van der Waals surface area (Å²) in [6.45, 7) is 0. The molecule has 0 unspecified atom stereocenters. The number of carbonyl (C=O) groups is 1. The fourth-order valence-electron chi connectivity index (χ4n) is 2.62. The van der Waals surface area contributed by atoms with E-state index in [-0.39, 0.29) is 17.5 Å². The third kappa shape index (κ3) is 3.55. The van der Waals surface area contributed by atoms with E-state index in [1.165, 1.54) is 49.2 Å². The molecule has 0 atom stereocenters. The second-order valence-corrected chi connectivity index (χ2v) is 6.49. The quantitative estimate of drug-likeness (QED) is 0.840. The van der Waals surface area contributed by atoms with Crippen LogP contribution < -0.4 is 5.32 Å². The Kier molecular flexibility index (Phi) is 4.57. The first kappa shape index (κ1) is 15.2. The van der Waals surface area contributed by atoms with Gasteiger partial charge in [0.1, 0.15) is 11.6 Å². The molecule has 1 amide bonds. The summed E-state index contributed by atoms with van der Waals surface area (Å²) in [5, 5.41) is 3.29. The molecule has 0 radical (unpaired) electrons. The second kappa shape index (κ2) is 6.60. The number of hydrogen-bond acceptors (Lipinski definition) is 3. The van der Waals surface area contributed by atoms with E-state index in [0.29, 0.717) is 10.1 Å². The number of amidine groups is 1. The van der Waals surface area contributed by atoms with E-state index in [4.69, 9.17) is 0 Å². The molecule has 1 saturated heterocycles. The SMILES string of the molecule is O=C1NC(=NC2CCCCC2)SC1=Cc1ccc(F)cc1F. The van der Waals surface area contributed by atoms with Crippen molar-refractivity contribution in [2.45, 2.75) is 38.1 Å². The molecule has 1 aromatic carbocycles. The number of rotatable bonds is 2. The fraction of sp³-hybridized carbons (Fsp3) is 0.375. The minimum absolute atomic E-state index is 0.193. The predicted molar refractivity (Wildman–Crippen MR) is 84.4 cm³/mol. The number of aliphatic imine (C=N–C) groups is 1. The Hall–Kier alpha value is -1.69. The fourth-order valence-corrected chi connectivity index (χ4v) is 3.51. The van der Waals surface area contributed by atoms with Crippen molar-refractivity contribution in [3.63, 3.8) is 0 Å². The van der Waals surface area contributed by atoms with Gasteiger partial charge in [0.25, 0.3) is 5.91 Å². The zero-order valence-electron chi connectivity index (χ0n) is 11.9. The summed E-state index contributed by atoms with van der Waals surface area (Å²) in [6, 6.07) is 3.56. The molecular formula is C16H16F2N2OS. The summed E-state index contributed by atoms with van der Waals surface area (Å²) in [5.41, 5.74) is 0.193. The first-order valence-corrected chi connectivity index (χ1v) is 8.17. The van der Waals surface area contributed by atoms with Crippen molar-refractivity contribution in [2.24, 2.45) is 4.99 Å². The maximum absolute atomic E-state index is 13.6. The zero-order chi connectivity index (χ0) is 15.5. The van der Waals surface area contributed by atoms with E-state index in [1.807, 2.05) is 0 Å². The van der Waals surface area contributed by atoms with Crippen LogP contribution in [0.1, 0.15) is 37.7 Å². The molecular weight excluding hydrogens is 306 g/mol. The summed E-state index contributed by atoms with van der Waals surface area (Å²) < 4.78 is 26.5. The average Bonchev–Trinajstić information content (AvgIpc) is 2.83. The standard InChI is InChI=1S/C16H16F2N2OS/c17-11-7-6-10(13(18)9-11)8-14-15(21)20-16(22-14)19-12-4-2-1-3-5-12/h6-9,12H,1-5H2,(H,19,20,21). The highest BCUT2D eigenvalue weighted by atomic mass is 32.2. The number of carbonyl (C=O) groups excluding carboxylic acids is 1. The van der Waals surface area contributed by atoms with Crippen molar-refractivity contribution in [3.8, 4) is 0 Å². The van der Waals surface area contributed by atoms with Crippen LogP contribution in [0.2, 0.25) is 0 Å². The number of thioether (sulfide) groups is 1. The first-order valence-electron chi connectivity index (χ1n) is 7.35. The third-order valence-electron chi connectivity index (χ3n) is 3.77. The number of halogens is 2. The maximum Gasteiger partial charge on any atom is 0.264 e. The first-order chi connectivity index (χ1) is 10.6. The lowest BCUT2D eigenvalue weighted by molar-refractivity contribution is -0.115. The van der Waals surface area contributed by atoms with Gasteiger partial charge >= 0.3 is 0 Å². The van der Waals surface area contributed by atoms with Gasteiger partial charge in [-0.1, -0.05) is 19.3 Å². The molecule has 2 fully saturated rings. The van der Waals surface area contributed by atoms with Gasteiger partial charge in [0, 0.05) is 11.6 Å². The van der Waals surface area contributed by atoms with Gasteiger partial charge in [-0.05, 0) is 42.8 Å². The number of benzene rings is 1. The van der Waals surface area contributed by atoms with Crippen molar-refractivity contribution in [2.75, 3.05) is 0 Å². The van der Waals surface area contributed by atoms with Crippen molar-refractivity contribution in [1.82, 2.24) is 5.32 Å². The molecule has 22 heavy (non-hydrogen) atoms. The number of hydrogen-bond donors (Lipinski definition) is 1. The van der Waals surface area contributed by atoms with E-state index >= 15 is 0 Å². The molecule has 1 heterocycles. The molecule has 1 aromatic rings. The van der Waals surface area contributed by atoms with Crippen LogP contribution in [0.15, 0.2) is 28.1 Å². The summed E-state index contributed by atoms with van der Waals surface area (Å²) in [4.78, 5) is 16.9. The summed E-state index contributed by atoms with van der Waals surface area (Å²) in [6.07, 6.45) is 7.11. The van der Waals surface area contributed by atoms with E-state index in [2.05, 4.69) is 10.3 Å². The largest absolute Gasteiger partial charge is 0.301 e. The topological polar surface area (TPSA) is 41.5 Å². The Balaban J connectivity index is 1.76. The molecule has 1 N–H and O–H groups in total. The number of nitrogens with one attached hydrogen (secondary N) is 1. The van der Waals surface area contributed by atoms with E-state index < -0.39 is 11.6 Å². The molecule has 1 aliphatic carbocycles. The van der Waals surface area contributed by atoms with Gasteiger partial charge in [-0.15, -0.1) is 0 Å². The molecule has 3 nitrogen and oxygen atoms in total. The van der Waals surface area contributed by atoms with Crippen molar-refractivity contribution >= 4 is 28.9 Å². The normalized spacial score (nSPS) is 23.3. The molecule has 116 valence electrons. The average molecular weight is 322 g/mol. The Morgan fingerprint density at radius 1 is 1.23 bits per heavy atom. The molecule has 0 aromatic heterocycles. The van der Waals surface area contributed by atoms with Gasteiger partial charge in [0.2, 0.25) is 0 Å². The van der Waals surface area contributed by atoms with E-state index in [1.54, 1.807) is 0 Å². The van der Waals surface area contributed by atoms with Crippen LogP contribution in [0.3, 0.4) is 0 Å². The number of nitrogens with zero attached hydrogens (tertiary/aromatic N) is 1. The van der Waals surface area contributed by atoms with Crippen LogP contribution >= 0.6 is 11.8 Å². The van der Waals surface area contributed by atoms with Crippen molar-refractivity contribution in [3.05, 3.63) is 40.3 Å². The third-order valence-corrected chi connectivity index (χ3v) is 4.70. The number of amides is 1. The highest BCUT2D eigenvalue weighted by Crippen LogP contribution is 2.29. The molecule has 6 heteroatoms. The highest BCUT2D eigenvalue weighted by molar-refractivity contribution is 8.18. The van der Waals surface area contributed by atoms with Gasteiger partial charge in [-0.25, -0.2) is 8.78 Å². The molecule has 2 aliphatic rings. The summed E-state index contributed by atoms with van der Waals surface area (Å²) in [7, 11) is 0. The van der Waals surface area contributed by atoms with Crippen LogP contribution in [0, 0.1) is 11.6 Å². The van der Waals surface area contributed by atoms with Crippen LogP contribution in [0.4, 0.5) is 8.78 Å². The second-order valence-electron chi connectivity index (χ2n) is 5.46. The Morgan fingerprint density at radius 2 is 2.00 bits per heavy atom. The van der Waals surface area contributed by atoms with Crippen molar-refractivity contribution < 1.29 is 13.6 Å². The van der Waals surface area contributed by atoms with Crippen LogP contribution in [-0.4, -0.2) is 17.1 Å².